The van der Waals surface area contributed by atoms with Gasteiger partial charge in [0, 0.05) is 6.20 Å². The molecule has 0 atom stereocenters. The van der Waals surface area contributed by atoms with Crippen molar-refractivity contribution in [2.75, 3.05) is 6.73 Å². The van der Waals surface area contributed by atoms with Crippen molar-refractivity contribution in [2.24, 2.45) is 4.99 Å². The standard InChI is InChI=1S/C12H14N2O2/c1-3-14(12(15)13-2)10-16-9-11-7-5-4-6-8-11/h3-8H,1-2,9-10H2. The summed E-state index contributed by atoms with van der Waals surface area (Å²) < 4.78 is 5.34. The monoisotopic (exact) mass is 218 g/mol. The van der Waals surface area contributed by atoms with Crippen molar-refractivity contribution in [3.63, 3.8) is 0 Å². The van der Waals surface area contributed by atoms with Crippen LogP contribution in [-0.2, 0) is 11.3 Å². The van der Waals surface area contributed by atoms with Crippen molar-refractivity contribution in [1.29, 1.82) is 0 Å². The lowest BCUT2D eigenvalue weighted by Gasteiger charge is -2.14. The molecule has 1 rings (SSSR count). The van der Waals surface area contributed by atoms with Crippen LogP contribution in [0.15, 0.2) is 48.1 Å². The molecular weight excluding hydrogens is 204 g/mol. The summed E-state index contributed by atoms with van der Waals surface area (Å²) in [6.07, 6.45) is 1.36. The molecule has 0 spiro atoms. The zero-order chi connectivity index (χ0) is 11.8. The normalized spacial score (nSPS) is 9.50. The predicted molar refractivity (Wildman–Crippen MR) is 63.1 cm³/mol. The second-order valence-corrected chi connectivity index (χ2v) is 3.06. The fourth-order valence-electron chi connectivity index (χ4n) is 1.11. The molecule has 0 saturated heterocycles. The van der Waals surface area contributed by atoms with Crippen LogP contribution in [-0.4, -0.2) is 24.4 Å². The fourth-order valence-corrected chi connectivity index (χ4v) is 1.11. The summed E-state index contributed by atoms with van der Waals surface area (Å²) in [6.45, 7) is 7.21. The number of rotatable bonds is 5. The number of aliphatic imine (C=N–C) groups is 1. The van der Waals surface area contributed by atoms with Crippen molar-refractivity contribution in [1.82, 2.24) is 4.90 Å². The number of amides is 2. The lowest BCUT2D eigenvalue weighted by atomic mass is 10.2. The van der Waals surface area contributed by atoms with Gasteiger partial charge < -0.3 is 4.74 Å². The van der Waals surface area contributed by atoms with Crippen LogP contribution in [0.25, 0.3) is 0 Å². The van der Waals surface area contributed by atoms with Gasteiger partial charge in [-0.15, -0.1) is 0 Å². The summed E-state index contributed by atoms with van der Waals surface area (Å²) in [5.74, 6) is 0. The summed E-state index contributed by atoms with van der Waals surface area (Å²) in [4.78, 5) is 15.6. The van der Waals surface area contributed by atoms with Gasteiger partial charge in [0.2, 0.25) is 0 Å². The topological polar surface area (TPSA) is 41.9 Å². The molecule has 0 aliphatic rings. The third kappa shape index (κ3) is 3.67. The molecule has 0 heterocycles. The number of hydrogen-bond donors (Lipinski definition) is 0. The summed E-state index contributed by atoms with van der Waals surface area (Å²) >= 11 is 0. The van der Waals surface area contributed by atoms with E-state index in [0.29, 0.717) is 6.61 Å². The molecule has 2 amide bonds. The molecule has 0 unspecified atom stereocenters. The Labute approximate surface area is 94.9 Å². The van der Waals surface area contributed by atoms with Crippen LogP contribution < -0.4 is 0 Å². The minimum atomic E-state index is -0.469. The third-order valence-electron chi connectivity index (χ3n) is 1.94. The van der Waals surface area contributed by atoms with Crippen LogP contribution in [0.4, 0.5) is 4.79 Å². The highest BCUT2D eigenvalue weighted by Gasteiger charge is 2.06. The highest BCUT2D eigenvalue weighted by Crippen LogP contribution is 2.02. The average molecular weight is 218 g/mol. The van der Waals surface area contributed by atoms with E-state index in [4.69, 9.17) is 4.74 Å². The Morgan fingerprint density at radius 3 is 2.69 bits per heavy atom. The molecule has 1 aromatic rings. The number of hydrogen-bond acceptors (Lipinski definition) is 2. The molecule has 0 aromatic heterocycles. The van der Waals surface area contributed by atoms with Gasteiger partial charge in [-0.1, -0.05) is 36.9 Å². The molecule has 4 heteroatoms. The maximum Gasteiger partial charge on any atom is 0.348 e. The number of carbonyl (C=O) groups excluding carboxylic acids is 1. The van der Waals surface area contributed by atoms with Crippen molar-refractivity contribution in [3.05, 3.63) is 48.7 Å². The molecule has 84 valence electrons. The largest absolute Gasteiger partial charge is 0.356 e. The Morgan fingerprint density at radius 1 is 1.44 bits per heavy atom. The van der Waals surface area contributed by atoms with Gasteiger partial charge in [-0.05, 0) is 12.3 Å². The Bertz CT molecular complexity index is 363. The van der Waals surface area contributed by atoms with E-state index >= 15 is 0 Å². The van der Waals surface area contributed by atoms with Gasteiger partial charge in [-0.25, -0.2) is 9.79 Å². The molecule has 0 radical (unpaired) electrons. The van der Waals surface area contributed by atoms with E-state index in [1.807, 2.05) is 30.3 Å². The first kappa shape index (κ1) is 12.1. The van der Waals surface area contributed by atoms with Gasteiger partial charge in [0.25, 0.3) is 0 Å². The Kier molecular flexibility index (Phi) is 4.95. The maximum atomic E-state index is 11.1. The molecule has 0 N–H and O–H groups in total. The Balaban J connectivity index is 2.37. The highest BCUT2D eigenvalue weighted by molar-refractivity contribution is 5.79. The van der Waals surface area contributed by atoms with Gasteiger partial charge >= 0.3 is 6.03 Å². The van der Waals surface area contributed by atoms with Crippen LogP contribution >= 0.6 is 0 Å². The van der Waals surface area contributed by atoms with E-state index in [0.717, 1.165) is 5.56 Å². The summed E-state index contributed by atoms with van der Waals surface area (Å²) in [5, 5.41) is 0. The molecule has 1 aromatic carbocycles. The van der Waals surface area contributed by atoms with E-state index < -0.39 is 6.03 Å². The van der Waals surface area contributed by atoms with Crippen LogP contribution in [0.5, 0.6) is 0 Å². The van der Waals surface area contributed by atoms with Gasteiger partial charge in [0.05, 0.1) is 6.61 Å². The lowest BCUT2D eigenvalue weighted by molar-refractivity contribution is 0.0597. The molecule has 0 aliphatic heterocycles. The number of nitrogens with zero attached hydrogens (tertiary/aromatic N) is 2. The predicted octanol–water partition coefficient (Wildman–Crippen LogP) is 2.43. The van der Waals surface area contributed by atoms with Crippen LogP contribution in [0.2, 0.25) is 0 Å². The first-order chi connectivity index (χ1) is 7.77. The van der Waals surface area contributed by atoms with E-state index in [2.05, 4.69) is 18.3 Å². The number of carbonyl (C=O) groups is 1. The number of benzene rings is 1. The molecular formula is C12H14N2O2. The van der Waals surface area contributed by atoms with Crippen molar-refractivity contribution >= 4 is 12.7 Å². The lowest BCUT2D eigenvalue weighted by Crippen LogP contribution is -2.24. The van der Waals surface area contributed by atoms with Crippen LogP contribution in [0.1, 0.15) is 5.56 Å². The van der Waals surface area contributed by atoms with Gasteiger partial charge in [-0.2, -0.15) is 0 Å². The molecule has 4 nitrogen and oxygen atoms in total. The van der Waals surface area contributed by atoms with Crippen molar-refractivity contribution < 1.29 is 9.53 Å². The van der Waals surface area contributed by atoms with E-state index in [9.17, 15) is 4.79 Å². The zero-order valence-corrected chi connectivity index (χ0v) is 9.00. The first-order valence-electron chi connectivity index (χ1n) is 4.79. The number of urea groups is 1. The quantitative estimate of drug-likeness (QED) is 0.562. The fraction of sp³-hybridized carbons (Fsp3) is 0.167. The maximum absolute atomic E-state index is 11.1. The zero-order valence-electron chi connectivity index (χ0n) is 9.00. The molecule has 0 aliphatic carbocycles. The Morgan fingerprint density at radius 2 is 2.12 bits per heavy atom. The van der Waals surface area contributed by atoms with Gasteiger partial charge in [-0.3, -0.25) is 4.90 Å². The first-order valence-corrected chi connectivity index (χ1v) is 4.79. The van der Waals surface area contributed by atoms with Crippen molar-refractivity contribution in [2.45, 2.75) is 6.61 Å². The van der Waals surface area contributed by atoms with E-state index in [1.54, 1.807) is 0 Å². The second kappa shape index (κ2) is 6.53. The molecule has 0 saturated carbocycles. The van der Waals surface area contributed by atoms with E-state index in [1.165, 1.54) is 11.1 Å². The minimum absolute atomic E-state index is 0.121. The van der Waals surface area contributed by atoms with Crippen molar-refractivity contribution in [3.8, 4) is 0 Å². The smallest absolute Gasteiger partial charge is 0.348 e. The SMILES string of the molecule is C=CN(COCc1ccccc1)C(=O)N=C. The molecule has 0 bridgehead atoms. The average Bonchev–Trinajstić information content (AvgIpc) is 2.35. The summed E-state index contributed by atoms with van der Waals surface area (Å²) in [6, 6.07) is 9.23. The summed E-state index contributed by atoms with van der Waals surface area (Å²) in [7, 11) is 0. The summed E-state index contributed by atoms with van der Waals surface area (Å²) in [5.41, 5.74) is 1.05. The number of ether oxygens (including phenoxy) is 1. The minimum Gasteiger partial charge on any atom is -0.356 e. The molecule has 16 heavy (non-hydrogen) atoms. The third-order valence-corrected chi connectivity index (χ3v) is 1.94. The second-order valence-electron chi connectivity index (χ2n) is 3.06. The highest BCUT2D eigenvalue weighted by atomic mass is 16.5. The van der Waals surface area contributed by atoms with E-state index in [-0.39, 0.29) is 6.73 Å². The van der Waals surface area contributed by atoms with Crippen LogP contribution in [0, 0.1) is 0 Å². The van der Waals surface area contributed by atoms with Gasteiger partial charge in [0.1, 0.15) is 6.73 Å². The van der Waals surface area contributed by atoms with Crippen LogP contribution in [0.3, 0.4) is 0 Å². The van der Waals surface area contributed by atoms with Gasteiger partial charge in [0.15, 0.2) is 0 Å². The molecule has 0 fully saturated rings. The Hall–Kier alpha value is -1.94.